The standard InChI is InChI=1S/C14H19N5O/c1-3-15-12-4-5-13(17-9-12)14(20)16-6-7-19-10-11(2)8-18-19/h4-5,8-10,15H,3,6-7H2,1-2H3,(H,16,20). The van der Waals surface area contributed by atoms with Gasteiger partial charge in [0.1, 0.15) is 5.69 Å². The summed E-state index contributed by atoms with van der Waals surface area (Å²) < 4.78 is 1.80. The molecule has 2 aromatic rings. The number of nitrogens with zero attached hydrogens (tertiary/aromatic N) is 3. The summed E-state index contributed by atoms with van der Waals surface area (Å²) in [7, 11) is 0. The third-order valence-electron chi connectivity index (χ3n) is 2.77. The molecule has 0 saturated heterocycles. The van der Waals surface area contributed by atoms with E-state index in [0.29, 0.717) is 18.8 Å². The van der Waals surface area contributed by atoms with Gasteiger partial charge in [0, 0.05) is 19.3 Å². The summed E-state index contributed by atoms with van der Waals surface area (Å²) in [5, 5.41) is 10.1. The second-order valence-electron chi connectivity index (χ2n) is 4.50. The van der Waals surface area contributed by atoms with E-state index < -0.39 is 0 Å². The second-order valence-corrected chi connectivity index (χ2v) is 4.50. The van der Waals surface area contributed by atoms with E-state index in [1.807, 2.05) is 26.1 Å². The summed E-state index contributed by atoms with van der Waals surface area (Å²) in [5.41, 5.74) is 2.44. The molecule has 2 heterocycles. The van der Waals surface area contributed by atoms with Crippen LogP contribution in [-0.2, 0) is 6.54 Å². The number of anilines is 1. The van der Waals surface area contributed by atoms with Gasteiger partial charge in [0.15, 0.2) is 0 Å². The number of carbonyl (C=O) groups excluding carboxylic acids is 1. The Hall–Kier alpha value is -2.37. The fourth-order valence-corrected chi connectivity index (χ4v) is 1.80. The minimum atomic E-state index is -0.170. The van der Waals surface area contributed by atoms with E-state index in [1.165, 1.54) is 0 Å². The van der Waals surface area contributed by atoms with Gasteiger partial charge in [-0.25, -0.2) is 4.98 Å². The van der Waals surface area contributed by atoms with Crippen LogP contribution >= 0.6 is 0 Å². The van der Waals surface area contributed by atoms with Crippen LogP contribution in [0.2, 0.25) is 0 Å². The fourth-order valence-electron chi connectivity index (χ4n) is 1.80. The van der Waals surface area contributed by atoms with Crippen LogP contribution in [0.25, 0.3) is 0 Å². The Kier molecular flexibility index (Phi) is 4.70. The van der Waals surface area contributed by atoms with Gasteiger partial charge in [0.2, 0.25) is 0 Å². The predicted octanol–water partition coefficient (Wildman–Crippen LogP) is 1.45. The first-order chi connectivity index (χ1) is 9.69. The van der Waals surface area contributed by atoms with Crippen molar-refractivity contribution in [3.05, 3.63) is 42.0 Å². The van der Waals surface area contributed by atoms with E-state index in [0.717, 1.165) is 17.8 Å². The maximum Gasteiger partial charge on any atom is 0.269 e. The Morgan fingerprint density at radius 1 is 1.35 bits per heavy atom. The molecule has 0 spiro atoms. The van der Waals surface area contributed by atoms with Crippen molar-refractivity contribution in [3.8, 4) is 0 Å². The van der Waals surface area contributed by atoms with E-state index in [4.69, 9.17) is 0 Å². The number of aryl methyl sites for hydroxylation is 1. The summed E-state index contributed by atoms with van der Waals surface area (Å²) >= 11 is 0. The first-order valence-corrected chi connectivity index (χ1v) is 6.66. The molecular weight excluding hydrogens is 254 g/mol. The van der Waals surface area contributed by atoms with Crippen LogP contribution in [-0.4, -0.2) is 33.8 Å². The van der Waals surface area contributed by atoms with Gasteiger partial charge in [-0.1, -0.05) is 0 Å². The molecule has 0 radical (unpaired) electrons. The molecule has 0 saturated carbocycles. The number of rotatable bonds is 6. The molecule has 0 bridgehead atoms. The average molecular weight is 273 g/mol. The Labute approximate surface area is 118 Å². The van der Waals surface area contributed by atoms with Gasteiger partial charge in [-0.2, -0.15) is 5.10 Å². The topological polar surface area (TPSA) is 71.8 Å². The van der Waals surface area contributed by atoms with E-state index in [1.54, 1.807) is 23.1 Å². The van der Waals surface area contributed by atoms with Gasteiger partial charge in [0.05, 0.1) is 24.6 Å². The van der Waals surface area contributed by atoms with Crippen molar-refractivity contribution in [1.29, 1.82) is 0 Å². The SMILES string of the molecule is CCNc1ccc(C(=O)NCCn2cc(C)cn2)nc1. The summed E-state index contributed by atoms with van der Waals surface area (Å²) in [6.45, 7) is 6.00. The van der Waals surface area contributed by atoms with Crippen molar-refractivity contribution in [1.82, 2.24) is 20.1 Å². The maximum absolute atomic E-state index is 11.9. The molecule has 6 nitrogen and oxygen atoms in total. The van der Waals surface area contributed by atoms with Crippen molar-refractivity contribution >= 4 is 11.6 Å². The van der Waals surface area contributed by atoms with Crippen LogP contribution in [0.4, 0.5) is 5.69 Å². The van der Waals surface area contributed by atoms with Crippen molar-refractivity contribution in [2.75, 3.05) is 18.4 Å². The molecule has 6 heteroatoms. The number of carbonyl (C=O) groups is 1. The number of hydrogen-bond acceptors (Lipinski definition) is 4. The minimum Gasteiger partial charge on any atom is -0.384 e. The highest BCUT2D eigenvalue weighted by Gasteiger charge is 2.06. The highest BCUT2D eigenvalue weighted by atomic mass is 16.1. The highest BCUT2D eigenvalue weighted by molar-refractivity contribution is 5.92. The van der Waals surface area contributed by atoms with Crippen molar-refractivity contribution < 1.29 is 4.79 Å². The quantitative estimate of drug-likeness (QED) is 0.835. The Morgan fingerprint density at radius 3 is 2.80 bits per heavy atom. The molecule has 0 aliphatic rings. The zero-order valence-electron chi connectivity index (χ0n) is 11.8. The number of hydrogen-bond donors (Lipinski definition) is 2. The lowest BCUT2D eigenvalue weighted by molar-refractivity contribution is 0.0947. The molecule has 20 heavy (non-hydrogen) atoms. The van der Waals surface area contributed by atoms with Crippen molar-refractivity contribution in [3.63, 3.8) is 0 Å². The summed E-state index contributed by atoms with van der Waals surface area (Å²) in [6.07, 6.45) is 5.40. The monoisotopic (exact) mass is 273 g/mol. The highest BCUT2D eigenvalue weighted by Crippen LogP contribution is 2.05. The van der Waals surface area contributed by atoms with E-state index in [-0.39, 0.29) is 5.91 Å². The number of nitrogens with one attached hydrogen (secondary N) is 2. The van der Waals surface area contributed by atoms with Gasteiger partial charge in [-0.05, 0) is 31.5 Å². The molecular formula is C14H19N5O. The molecule has 106 valence electrons. The van der Waals surface area contributed by atoms with Crippen molar-refractivity contribution in [2.24, 2.45) is 0 Å². The van der Waals surface area contributed by atoms with Crippen LogP contribution in [0, 0.1) is 6.92 Å². The van der Waals surface area contributed by atoms with Crippen LogP contribution in [0.3, 0.4) is 0 Å². The minimum absolute atomic E-state index is 0.170. The predicted molar refractivity (Wildman–Crippen MR) is 77.7 cm³/mol. The zero-order valence-corrected chi connectivity index (χ0v) is 11.8. The van der Waals surface area contributed by atoms with Gasteiger partial charge in [-0.15, -0.1) is 0 Å². The Balaban J connectivity index is 1.82. The Bertz CT molecular complexity index is 561. The van der Waals surface area contributed by atoms with Crippen LogP contribution < -0.4 is 10.6 Å². The normalized spacial score (nSPS) is 10.3. The molecule has 2 aromatic heterocycles. The van der Waals surface area contributed by atoms with Crippen LogP contribution in [0.5, 0.6) is 0 Å². The molecule has 2 N–H and O–H groups in total. The molecule has 2 rings (SSSR count). The largest absolute Gasteiger partial charge is 0.384 e. The zero-order chi connectivity index (χ0) is 14.4. The molecule has 0 aliphatic heterocycles. The van der Waals surface area contributed by atoms with Gasteiger partial charge >= 0.3 is 0 Å². The first kappa shape index (κ1) is 14.0. The van der Waals surface area contributed by atoms with Crippen LogP contribution in [0.1, 0.15) is 23.0 Å². The number of pyridine rings is 1. The van der Waals surface area contributed by atoms with Gasteiger partial charge in [-0.3, -0.25) is 9.48 Å². The average Bonchev–Trinajstić information content (AvgIpc) is 2.85. The van der Waals surface area contributed by atoms with E-state index >= 15 is 0 Å². The molecule has 0 unspecified atom stereocenters. The van der Waals surface area contributed by atoms with E-state index in [9.17, 15) is 4.79 Å². The molecule has 0 fully saturated rings. The summed E-state index contributed by atoms with van der Waals surface area (Å²) in [4.78, 5) is 16.0. The lowest BCUT2D eigenvalue weighted by Crippen LogP contribution is -2.28. The number of amides is 1. The lowest BCUT2D eigenvalue weighted by atomic mass is 10.3. The molecule has 0 atom stereocenters. The maximum atomic E-state index is 11.9. The Morgan fingerprint density at radius 2 is 2.20 bits per heavy atom. The van der Waals surface area contributed by atoms with E-state index in [2.05, 4.69) is 20.7 Å². The summed E-state index contributed by atoms with van der Waals surface area (Å²) in [5.74, 6) is -0.170. The lowest BCUT2D eigenvalue weighted by Gasteiger charge is -2.06. The molecule has 1 amide bonds. The fraction of sp³-hybridized carbons (Fsp3) is 0.357. The third-order valence-corrected chi connectivity index (χ3v) is 2.77. The number of aromatic nitrogens is 3. The smallest absolute Gasteiger partial charge is 0.269 e. The van der Waals surface area contributed by atoms with Crippen LogP contribution in [0.15, 0.2) is 30.7 Å². The second kappa shape index (κ2) is 6.70. The molecule has 0 aliphatic carbocycles. The first-order valence-electron chi connectivity index (χ1n) is 6.66. The van der Waals surface area contributed by atoms with Gasteiger partial charge in [0.25, 0.3) is 5.91 Å². The summed E-state index contributed by atoms with van der Waals surface area (Å²) in [6, 6.07) is 3.56. The molecule has 0 aromatic carbocycles. The third kappa shape index (κ3) is 3.81. The van der Waals surface area contributed by atoms with Crippen molar-refractivity contribution in [2.45, 2.75) is 20.4 Å². The van der Waals surface area contributed by atoms with Gasteiger partial charge < -0.3 is 10.6 Å².